The van der Waals surface area contributed by atoms with Crippen LogP contribution in [-0.2, 0) is 0 Å². The van der Waals surface area contributed by atoms with Crippen LogP contribution < -0.4 is 10.6 Å². The van der Waals surface area contributed by atoms with Crippen LogP contribution in [0.5, 0.6) is 0 Å². The van der Waals surface area contributed by atoms with Crippen molar-refractivity contribution >= 4 is 17.7 Å². The van der Waals surface area contributed by atoms with E-state index in [0.29, 0.717) is 0 Å². The molecule has 2 rings (SSSR count). The van der Waals surface area contributed by atoms with Crippen LogP contribution in [0.4, 0.5) is 4.39 Å². The Morgan fingerprint density at radius 2 is 1.88 bits per heavy atom. The maximum absolute atomic E-state index is 12.9. The first-order valence-corrected chi connectivity index (χ1v) is 10.2. The molecular weight excluding hydrogens is 335 g/mol. The summed E-state index contributed by atoms with van der Waals surface area (Å²) in [5.41, 5.74) is 0. The van der Waals surface area contributed by atoms with Gasteiger partial charge in [0.2, 0.25) is 0 Å². The predicted octanol–water partition coefficient (Wildman–Crippen LogP) is 3.20. The Labute approximate surface area is 155 Å². The summed E-state index contributed by atoms with van der Waals surface area (Å²) in [7, 11) is 4.02. The van der Waals surface area contributed by atoms with Crippen LogP contribution in [0.1, 0.15) is 25.7 Å². The summed E-state index contributed by atoms with van der Waals surface area (Å²) < 4.78 is 12.9. The number of rotatable bonds is 8. The zero-order valence-electron chi connectivity index (χ0n) is 15.4. The molecule has 0 amide bonds. The second-order valence-corrected chi connectivity index (χ2v) is 7.79. The third-order valence-corrected chi connectivity index (χ3v) is 5.70. The number of benzene rings is 1. The Morgan fingerprint density at radius 1 is 1.20 bits per heavy atom. The number of nitrogens with one attached hydrogen (secondary N) is 2. The van der Waals surface area contributed by atoms with Crippen molar-refractivity contribution in [1.29, 1.82) is 0 Å². The molecule has 25 heavy (non-hydrogen) atoms. The number of aliphatic imine (C=N–C) groups is 1. The molecule has 1 aromatic carbocycles. The van der Waals surface area contributed by atoms with Crippen LogP contribution in [0.15, 0.2) is 34.2 Å². The van der Waals surface area contributed by atoms with Crippen LogP contribution in [0, 0.1) is 11.7 Å². The Bertz CT molecular complexity index is 513. The molecule has 4 nitrogen and oxygen atoms in total. The summed E-state index contributed by atoms with van der Waals surface area (Å²) in [6.45, 7) is 4.33. The third-order valence-electron chi connectivity index (χ3n) is 4.60. The molecule has 1 aliphatic heterocycles. The fraction of sp³-hybridized carbons (Fsp3) is 0.632. The predicted molar refractivity (Wildman–Crippen MR) is 106 cm³/mol. The molecule has 140 valence electrons. The smallest absolute Gasteiger partial charge is 0.190 e. The first-order valence-electron chi connectivity index (χ1n) is 9.19. The minimum Gasteiger partial charge on any atom is -0.356 e. The van der Waals surface area contributed by atoms with E-state index in [4.69, 9.17) is 0 Å². The normalized spacial score (nSPS) is 16.8. The molecule has 1 heterocycles. The van der Waals surface area contributed by atoms with Gasteiger partial charge in [0.15, 0.2) is 5.96 Å². The Hall–Kier alpha value is -1.27. The van der Waals surface area contributed by atoms with E-state index in [2.05, 4.69) is 27.6 Å². The summed E-state index contributed by atoms with van der Waals surface area (Å²) in [6.07, 6.45) is 4.88. The van der Waals surface area contributed by atoms with Crippen molar-refractivity contribution in [3.05, 3.63) is 30.1 Å². The van der Waals surface area contributed by atoms with E-state index in [-0.39, 0.29) is 5.82 Å². The monoisotopic (exact) mass is 366 g/mol. The topological polar surface area (TPSA) is 39.7 Å². The van der Waals surface area contributed by atoms with E-state index in [0.717, 1.165) is 42.0 Å². The average molecular weight is 367 g/mol. The molecule has 2 N–H and O–H groups in total. The van der Waals surface area contributed by atoms with Gasteiger partial charge in [0, 0.05) is 25.0 Å². The number of likely N-dealkylation sites (tertiary alicyclic amines) is 1. The van der Waals surface area contributed by atoms with Crippen LogP contribution in [0.3, 0.4) is 0 Å². The maximum atomic E-state index is 12.9. The molecule has 0 saturated carbocycles. The highest BCUT2D eigenvalue weighted by Crippen LogP contribution is 2.19. The van der Waals surface area contributed by atoms with Gasteiger partial charge in [0.05, 0.1) is 0 Å². The number of piperidine rings is 1. The minimum absolute atomic E-state index is 0.180. The Balaban J connectivity index is 1.52. The highest BCUT2D eigenvalue weighted by Gasteiger charge is 2.16. The van der Waals surface area contributed by atoms with Crippen LogP contribution in [-0.4, -0.2) is 56.9 Å². The average Bonchev–Trinajstić information content (AvgIpc) is 2.63. The van der Waals surface area contributed by atoms with Gasteiger partial charge in [-0.15, -0.1) is 11.8 Å². The van der Waals surface area contributed by atoms with Crippen LogP contribution in [0.25, 0.3) is 0 Å². The minimum atomic E-state index is -0.180. The molecule has 0 aromatic heterocycles. The van der Waals surface area contributed by atoms with Gasteiger partial charge in [-0.2, -0.15) is 0 Å². The first-order chi connectivity index (χ1) is 12.2. The van der Waals surface area contributed by atoms with Crippen LogP contribution >= 0.6 is 11.8 Å². The maximum Gasteiger partial charge on any atom is 0.190 e. The Kier molecular flexibility index (Phi) is 9.11. The van der Waals surface area contributed by atoms with E-state index in [1.54, 1.807) is 11.8 Å². The molecular formula is C19H31FN4S. The van der Waals surface area contributed by atoms with Crippen molar-refractivity contribution in [3.63, 3.8) is 0 Å². The first kappa shape index (κ1) is 20.0. The van der Waals surface area contributed by atoms with Crippen molar-refractivity contribution in [2.45, 2.75) is 30.6 Å². The SMILES string of the molecule is CN=C(NCCCSc1ccc(F)cc1)NCCC1CCN(C)CC1. The number of halogens is 1. The number of guanidine groups is 1. The standard InChI is InChI=1S/C19H31FN4S/c1-21-19(23-12-8-16-9-13-24(2)14-10-16)22-11-3-15-25-18-6-4-17(20)5-7-18/h4-7,16H,3,8-15H2,1-2H3,(H2,21,22,23). The van der Waals surface area contributed by atoms with Gasteiger partial charge < -0.3 is 15.5 Å². The molecule has 0 radical (unpaired) electrons. The molecule has 0 bridgehead atoms. The van der Waals surface area contributed by atoms with Crippen molar-refractivity contribution in [2.24, 2.45) is 10.9 Å². The lowest BCUT2D eigenvalue weighted by atomic mass is 9.94. The zero-order valence-corrected chi connectivity index (χ0v) is 16.2. The van der Waals surface area contributed by atoms with E-state index in [1.807, 2.05) is 19.2 Å². The summed E-state index contributed by atoms with van der Waals surface area (Å²) in [5, 5.41) is 6.79. The van der Waals surface area contributed by atoms with Gasteiger partial charge in [-0.1, -0.05) is 0 Å². The molecule has 0 aliphatic carbocycles. The number of hydrogen-bond donors (Lipinski definition) is 2. The number of nitrogens with zero attached hydrogens (tertiary/aromatic N) is 2. The lowest BCUT2D eigenvalue weighted by Gasteiger charge is -2.29. The molecule has 6 heteroatoms. The summed E-state index contributed by atoms with van der Waals surface area (Å²) in [5.74, 6) is 2.56. The molecule has 1 aromatic rings. The van der Waals surface area contributed by atoms with Gasteiger partial charge in [-0.25, -0.2) is 4.39 Å². The van der Waals surface area contributed by atoms with Crippen molar-refractivity contribution in [3.8, 4) is 0 Å². The van der Waals surface area contributed by atoms with Gasteiger partial charge in [-0.3, -0.25) is 4.99 Å². The van der Waals surface area contributed by atoms with E-state index in [9.17, 15) is 4.39 Å². The number of hydrogen-bond acceptors (Lipinski definition) is 3. The molecule has 0 atom stereocenters. The summed E-state index contributed by atoms with van der Waals surface area (Å²) in [6, 6.07) is 6.68. The second-order valence-electron chi connectivity index (χ2n) is 6.62. The van der Waals surface area contributed by atoms with Gasteiger partial charge in [0.1, 0.15) is 5.82 Å². The lowest BCUT2D eigenvalue weighted by Crippen LogP contribution is -2.39. The largest absolute Gasteiger partial charge is 0.356 e. The molecule has 0 unspecified atom stereocenters. The van der Waals surface area contributed by atoms with Crippen molar-refractivity contribution < 1.29 is 4.39 Å². The second kappa shape index (κ2) is 11.4. The molecule has 1 fully saturated rings. The number of thioether (sulfide) groups is 1. The molecule has 1 saturated heterocycles. The van der Waals surface area contributed by atoms with Crippen LogP contribution in [0.2, 0.25) is 0 Å². The van der Waals surface area contributed by atoms with Gasteiger partial charge in [-0.05, 0) is 81.8 Å². The van der Waals surface area contributed by atoms with E-state index in [1.165, 1.54) is 44.5 Å². The van der Waals surface area contributed by atoms with E-state index >= 15 is 0 Å². The summed E-state index contributed by atoms with van der Waals surface area (Å²) >= 11 is 1.75. The van der Waals surface area contributed by atoms with Gasteiger partial charge >= 0.3 is 0 Å². The fourth-order valence-corrected chi connectivity index (χ4v) is 3.82. The highest BCUT2D eigenvalue weighted by molar-refractivity contribution is 7.99. The third kappa shape index (κ3) is 8.10. The molecule has 1 aliphatic rings. The van der Waals surface area contributed by atoms with Crippen molar-refractivity contribution in [1.82, 2.24) is 15.5 Å². The highest BCUT2D eigenvalue weighted by atomic mass is 32.2. The van der Waals surface area contributed by atoms with Crippen molar-refractivity contribution in [2.75, 3.05) is 46.0 Å². The molecule has 0 spiro atoms. The lowest BCUT2D eigenvalue weighted by molar-refractivity contribution is 0.213. The quantitative estimate of drug-likeness (QED) is 0.321. The van der Waals surface area contributed by atoms with E-state index < -0.39 is 0 Å². The van der Waals surface area contributed by atoms with Gasteiger partial charge in [0.25, 0.3) is 0 Å². The zero-order chi connectivity index (χ0) is 17.9. The Morgan fingerprint density at radius 3 is 2.56 bits per heavy atom. The summed E-state index contributed by atoms with van der Waals surface area (Å²) in [4.78, 5) is 7.81. The fourth-order valence-electron chi connectivity index (χ4n) is 2.97.